The summed E-state index contributed by atoms with van der Waals surface area (Å²) < 4.78 is 0. The number of rotatable bonds is 3. The number of benzene rings is 1. The third-order valence-corrected chi connectivity index (χ3v) is 5.49. The standard InChI is InChI=1S/C19H28N2O2/c1-14-6-8-16(9-7-14)15(2)19(23)21-12-10-20(11-13-21)17-4-3-5-18(17)22/h6-9,15,17-18,22H,3-5,10-13H2,1-2H3/t15-,17+,18-/m0/s1. The second kappa shape index (κ2) is 7.02. The van der Waals surface area contributed by atoms with Crippen molar-refractivity contribution < 1.29 is 9.90 Å². The summed E-state index contributed by atoms with van der Waals surface area (Å²) in [5.41, 5.74) is 2.31. The molecular weight excluding hydrogens is 288 g/mol. The second-order valence-electron chi connectivity index (χ2n) is 7.06. The number of aliphatic hydroxyl groups is 1. The Morgan fingerprint density at radius 2 is 1.78 bits per heavy atom. The average Bonchev–Trinajstić information content (AvgIpc) is 3.00. The molecule has 1 saturated heterocycles. The van der Waals surface area contributed by atoms with Crippen LogP contribution in [0.4, 0.5) is 0 Å². The van der Waals surface area contributed by atoms with E-state index in [1.165, 1.54) is 5.56 Å². The minimum Gasteiger partial charge on any atom is -0.391 e. The molecule has 0 radical (unpaired) electrons. The van der Waals surface area contributed by atoms with E-state index in [-0.39, 0.29) is 17.9 Å². The van der Waals surface area contributed by atoms with E-state index >= 15 is 0 Å². The van der Waals surface area contributed by atoms with E-state index in [4.69, 9.17) is 0 Å². The highest BCUT2D eigenvalue weighted by molar-refractivity contribution is 5.83. The first-order valence-electron chi connectivity index (χ1n) is 8.83. The van der Waals surface area contributed by atoms with Gasteiger partial charge in [-0.05, 0) is 38.7 Å². The molecule has 0 aromatic heterocycles. The molecule has 2 aliphatic rings. The van der Waals surface area contributed by atoms with E-state index in [9.17, 15) is 9.90 Å². The third-order valence-electron chi connectivity index (χ3n) is 5.49. The van der Waals surface area contributed by atoms with Crippen LogP contribution in [0.1, 0.15) is 43.2 Å². The highest BCUT2D eigenvalue weighted by Crippen LogP contribution is 2.26. The summed E-state index contributed by atoms with van der Waals surface area (Å²) in [5.74, 6) is 0.139. The highest BCUT2D eigenvalue weighted by atomic mass is 16.3. The third kappa shape index (κ3) is 3.59. The van der Waals surface area contributed by atoms with Crippen LogP contribution in [-0.4, -0.2) is 59.1 Å². The van der Waals surface area contributed by atoms with Crippen molar-refractivity contribution in [2.45, 2.75) is 51.2 Å². The van der Waals surface area contributed by atoms with Gasteiger partial charge in [-0.15, -0.1) is 0 Å². The van der Waals surface area contributed by atoms with Gasteiger partial charge in [0.2, 0.25) is 5.91 Å². The van der Waals surface area contributed by atoms with Crippen LogP contribution in [0, 0.1) is 6.92 Å². The fourth-order valence-electron chi connectivity index (χ4n) is 3.89. The second-order valence-corrected chi connectivity index (χ2v) is 7.06. The Hall–Kier alpha value is -1.39. The van der Waals surface area contributed by atoms with E-state index in [1.54, 1.807) is 0 Å². The zero-order valence-electron chi connectivity index (χ0n) is 14.2. The summed E-state index contributed by atoms with van der Waals surface area (Å²) in [6.45, 7) is 7.38. The van der Waals surface area contributed by atoms with Crippen LogP contribution in [0.25, 0.3) is 0 Å². The SMILES string of the molecule is Cc1ccc([C@H](C)C(=O)N2CCN([C@@H]3CCC[C@@H]3O)CC2)cc1. The number of nitrogens with zero attached hydrogens (tertiary/aromatic N) is 2. The number of hydrogen-bond acceptors (Lipinski definition) is 3. The summed E-state index contributed by atoms with van der Waals surface area (Å²) in [6.07, 6.45) is 2.96. The maximum atomic E-state index is 12.7. The Morgan fingerprint density at radius 1 is 1.13 bits per heavy atom. The molecular formula is C19H28N2O2. The van der Waals surface area contributed by atoms with Crippen molar-refractivity contribution in [3.05, 3.63) is 35.4 Å². The molecule has 1 amide bonds. The average molecular weight is 316 g/mol. The molecule has 0 bridgehead atoms. The van der Waals surface area contributed by atoms with Crippen molar-refractivity contribution in [1.82, 2.24) is 9.80 Å². The van der Waals surface area contributed by atoms with Crippen molar-refractivity contribution in [3.8, 4) is 0 Å². The van der Waals surface area contributed by atoms with Crippen LogP contribution >= 0.6 is 0 Å². The first-order valence-corrected chi connectivity index (χ1v) is 8.83. The predicted molar refractivity (Wildman–Crippen MR) is 91.4 cm³/mol. The summed E-state index contributed by atoms with van der Waals surface area (Å²) in [4.78, 5) is 17.1. The molecule has 1 N–H and O–H groups in total. The van der Waals surface area contributed by atoms with Crippen molar-refractivity contribution in [2.24, 2.45) is 0 Å². The molecule has 4 nitrogen and oxygen atoms in total. The fraction of sp³-hybridized carbons (Fsp3) is 0.632. The molecule has 3 rings (SSSR count). The number of carbonyl (C=O) groups excluding carboxylic acids is 1. The number of amides is 1. The zero-order valence-corrected chi connectivity index (χ0v) is 14.2. The molecule has 3 atom stereocenters. The normalized spacial score (nSPS) is 27.2. The number of hydrogen-bond donors (Lipinski definition) is 1. The van der Waals surface area contributed by atoms with Gasteiger partial charge in [0, 0.05) is 32.2 Å². The first kappa shape index (κ1) is 16.5. The van der Waals surface area contributed by atoms with E-state index in [0.29, 0.717) is 6.04 Å². The van der Waals surface area contributed by atoms with Gasteiger partial charge in [0.25, 0.3) is 0 Å². The topological polar surface area (TPSA) is 43.8 Å². The van der Waals surface area contributed by atoms with Gasteiger partial charge in [-0.25, -0.2) is 0 Å². The first-order chi connectivity index (χ1) is 11.1. The number of carbonyl (C=O) groups is 1. The minimum absolute atomic E-state index is 0.0841. The Kier molecular flexibility index (Phi) is 5.02. The van der Waals surface area contributed by atoms with Crippen LogP contribution < -0.4 is 0 Å². The molecule has 23 heavy (non-hydrogen) atoms. The van der Waals surface area contributed by atoms with Gasteiger partial charge in [-0.2, -0.15) is 0 Å². The number of piperazine rings is 1. The van der Waals surface area contributed by atoms with Crippen LogP contribution in [-0.2, 0) is 4.79 Å². The highest BCUT2D eigenvalue weighted by Gasteiger charge is 2.34. The van der Waals surface area contributed by atoms with E-state index in [2.05, 4.69) is 36.1 Å². The maximum Gasteiger partial charge on any atom is 0.229 e. The largest absolute Gasteiger partial charge is 0.391 e. The summed E-state index contributed by atoms with van der Waals surface area (Å²) in [7, 11) is 0. The Labute approximate surface area is 139 Å². The fourth-order valence-corrected chi connectivity index (χ4v) is 3.89. The Morgan fingerprint density at radius 3 is 2.35 bits per heavy atom. The minimum atomic E-state index is -0.177. The van der Waals surface area contributed by atoms with Crippen LogP contribution in [0.2, 0.25) is 0 Å². The lowest BCUT2D eigenvalue weighted by Crippen LogP contribution is -2.54. The van der Waals surface area contributed by atoms with Gasteiger partial charge in [-0.1, -0.05) is 29.8 Å². The summed E-state index contributed by atoms with van der Waals surface area (Å²) >= 11 is 0. The van der Waals surface area contributed by atoms with Crippen molar-refractivity contribution in [3.63, 3.8) is 0 Å². The molecule has 1 aromatic rings. The molecule has 1 aromatic carbocycles. The van der Waals surface area contributed by atoms with Gasteiger partial charge >= 0.3 is 0 Å². The lowest BCUT2D eigenvalue weighted by atomic mass is 9.98. The van der Waals surface area contributed by atoms with Gasteiger partial charge in [0.1, 0.15) is 0 Å². The van der Waals surface area contributed by atoms with E-state index < -0.39 is 0 Å². The number of aryl methyl sites for hydroxylation is 1. The van der Waals surface area contributed by atoms with Crippen LogP contribution in [0.3, 0.4) is 0 Å². The molecule has 126 valence electrons. The summed E-state index contributed by atoms with van der Waals surface area (Å²) in [6, 6.07) is 8.56. The molecule has 1 heterocycles. The predicted octanol–water partition coefficient (Wildman–Crippen LogP) is 2.16. The maximum absolute atomic E-state index is 12.7. The summed E-state index contributed by atoms with van der Waals surface area (Å²) in [5, 5.41) is 10.1. The molecule has 2 fully saturated rings. The molecule has 0 unspecified atom stereocenters. The van der Waals surface area contributed by atoms with E-state index in [0.717, 1.165) is 51.0 Å². The smallest absolute Gasteiger partial charge is 0.229 e. The van der Waals surface area contributed by atoms with Crippen LogP contribution in [0.5, 0.6) is 0 Å². The number of aliphatic hydroxyl groups excluding tert-OH is 1. The van der Waals surface area contributed by atoms with Gasteiger partial charge < -0.3 is 10.0 Å². The molecule has 1 aliphatic carbocycles. The van der Waals surface area contributed by atoms with Crippen LogP contribution in [0.15, 0.2) is 24.3 Å². The monoisotopic (exact) mass is 316 g/mol. The lowest BCUT2D eigenvalue weighted by molar-refractivity contribution is -0.134. The van der Waals surface area contributed by atoms with Crippen molar-refractivity contribution in [2.75, 3.05) is 26.2 Å². The molecule has 4 heteroatoms. The Bertz CT molecular complexity index is 535. The van der Waals surface area contributed by atoms with Crippen molar-refractivity contribution >= 4 is 5.91 Å². The van der Waals surface area contributed by atoms with Gasteiger partial charge in [0.05, 0.1) is 12.0 Å². The molecule has 0 spiro atoms. The quantitative estimate of drug-likeness (QED) is 0.929. The van der Waals surface area contributed by atoms with Gasteiger partial charge in [0.15, 0.2) is 0 Å². The van der Waals surface area contributed by atoms with Gasteiger partial charge in [-0.3, -0.25) is 9.69 Å². The van der Waals surface area contributed by atoms with E-state index in [1.807, 2.05) is 11.8 Å². The van der Waals surface area contributed by atoms with Crippen molar-refractivity contribution in [1.29, 1.82) is 0 Å². The Balaban J connectivity index is 1.56. The molecule has 1 aliphatic heterocycles. The molecule has 1 saturated carbocycles. The zero-order chi connectivity index (χ0) is 16.4. The lowest BCUT2D eigenvalue weighted by Gasteiger charge is -2.39.